The summed E-state index contributed by atoms with van der Waals surface area (Å²) in [6, 6.07) is 7.38. The van der Waals surface area contributed by atoms with Crippen LogP contribution < -0.4 is 4.74 Å². The Kier molecular flexibility index (Phi) is 5.01. The number of rotatable bonds is 5. The molecule has 2 rings (SSSR count). The van der Waals surface area contributed by atoms with Crippen molar-refractivity contribution in [1.82, 2.24) is 4.90 Å². The lowest BCUT2D eigenvalue weighted by Crippen LogP contribution is -2.38. The Bertz CT molecular complexity index is 455. The zero-order chi connectivity index (χ0) is 14.5. The van der Waals surface area contributed by atoms with E-state index in [1.807, 2.05) is 36.1 Å². The molecule has 0 aliphatic carbocycles. The molecule has 1 aromatic rings. The van der Waals surface area contributed by atoms with Crippen molar-refractivity contribution < 1.29 is 14.6 Å². The molecule has 0 bridgehead atoms. The van der Waals surface area contributed by atoms with Crippen LogP contribution in [0.3, 0.4) is 0 Å². The van der Waals surface area contributed by atoms with Gasteiger partial charge in [-0.25, -0.2) is 0 Å². The largest absolute Gasteiger partial charge is 0.481 e. The van der Waals surface area contributed by atoms with Gasteiger partial charge in [0.25, 0.3) is 5.91 Å². The molecule has 0 aromatic heterocycles. The number of likely N-dealkylation sites (tertiary alicyclic amines) is 1. The zero-order valence-corrected chi connectivity index (χ0v) is 12.2. The molecule has 1 unspecified atom stereocenters. The summed E-state index contributed by atoms with van der Waals surface area (Å²) in [4.78, 5) is 14.1. The number of amides is 1. The molecule has 1 aromatic carbocycles. The van der Waals surface area contributed by atoms with Crippen molar-refractivity contribution in [2.24, 2.45) is 0 Å². The van der Waals surface area contributed by atoms with Gasteiger partial charge in [0, 0.05) is 18.7 Å². The lowest BCUT2D eigenvalue weighted by molar-refractivity contribution is -0.136. The molecular weight excluding hydrogens is 254 g/mol. The first-order chi connectivity index (χ1) is 9.63. The lowest BCUT2D eigenvalue weighted by atomic mass is 10.1. The minimum Gasteiger partial charge on any atom is -0.481 e. The molecule has 1 aliphatic heterocycles. The SMILES string of the molecule is CC[C@@H](O)c1ccccc1OC(C)C(=O)N1CCCC1. The van der Waals surface area contributed by atoms with Crippen molar-refractivity contribution in [3.8, 4) is 5.75 Å². The van der Waals surface area contributed by atoms with Gasteiger partial charge in [0.15, 0.2) is 6.10 Å². The summed E-state index contributed by atoms with van der Waals surface area (Å²) in [5, 5.41) is 10.00. The Morgan fingerprint density at radius 3 is 2.65 bits per heavy atom. The quantitative estimate of drug-likeness (QED) is 0.899. The average Bonchev–Trinajstić information content (AvgIpc) is 3.00. The molecule has 2 atom stereocenters. The summed E-state index contributed by atoms with van der Waals surface area (Å²) in [5.74, 6) is 0.630. The van der Waals surface area contributed by atoms with Gasteiger partial charge in [-0.05, 0) is 32.3 Å². The summed E-state index contributed by atoms with van der Waals surface area (Å²) >= 11 is 0. The highest BCUT2D eigenvalue weighted by Crippen LogP contribution is 2.28. The number of aliphatic hydroxyl groups excluding tert-OH is 1. The predicted molar refractivity (Wildman–Crippen MR) is 77.6 cm³/mol. The van der Waals surface area contributed by atoms with Crippen LogP contribution in [0.4, 0.5) is 0 Å². The Morgan fingerprint density at radius 2 is 2.00 bits per heavy atom. The van der Waals surface area contributed by atoms with Crippen LogP contribution in [-0.4, -0.2) is 35.1 Å². The van der Waals surface area contributed by atoms with Gasteiger partial charge in [-0.15, -0.1) is 0 Å². The van der Waals surface area contributed by atoms with E-state index in [-0.39, 0.29) is 5.91 Å². The smallest absolute Gasteiger partial charge is 0.263 e. The molecule has 4 heteroatoms. The van der Waals surface area contributed by atoms with Crippen molar-refractivity contribution in [2.75, 3.05) is 13.1 Å². The fourth-order valence-corrected chi connectivity index (χ4v) is 2.52. The van der Waals surface area contributed by atoms with Gasteiger partial charge >= 0.3 is 0 Å². The van der Waals surface area contributed by atoms with Gasteiger partial charge in [0.1, 0.15) is 5.75 Å². The molecule has 110 valence electrons. The van der Waals surface area contributed by atoms with Crippen molar-refractivity contribution in [2.45, 2.75) is 45.3 Å². The summed E-state index contributed by atoms with van der Waals surface area (Å²) in [5.41, 5.74) is 0.746. The number of benzene rings is 1. The maximum atomic E-state index is 12.2. The standard InChI is InChI=1S/C16H23NO3/c1-3-14(18)13-8-4-5-9-15(13)20-12(2)16(19)17-10-6-7-11-17/h4-5,8-9,12,14,18H,3,6-7,10-11H2,1-2H3/t12?,14-/m1/s1. The third kappa shape index (κ3) is 3.31. The predicted octanol–water partition coefficient (Wildman–Crippen LogP) is 2.52. The van der Waals surface area contributed by atoms with E-state index in [0.717, 1.165) is 31.5 Å². The van der Waals surface area contributed by atoms with E-state index in [9.17, 15) is 9.90 Å². The monoisotopic (exact) mass is 277 g/mol. The molecule has 0 radical (unpaired) electrons. The van der Waals surface area contributed by atoms with Crippen molar-refractivity contribution >= 4 is 5.91 Å². The molecule has 4 nitrogen and oxygen atoms in total. The van der Waals surface area contributed by atoms with E-state index in [4.69, 9.17) is 4.74 Å². The fraction of sp³-hybridized carbons (Fsp3) is 0.562. The number of hydrogen-bond donors (Lipinski definition) is 1. The number of carbonyl (C=O) groups excluding carboxylic acids is 1. The fourth-order valence-electron chi connectivity index (χ4n) is 2.52. The normalized spacial score (nSPS) is 17.9. The van der Waals surface area contributed by atoms with E-state index in [0.29, 0.717) is 12.2 Å². The van der Waals surface area contributed by atoms with E-state index >= 15 is 0 Å². The third-order valence-electron chi connectivity index (χ3n) is 3.73. The van der Waals surface area contributed by atoms with Crippen LogP contribution in [0.15, 0.2) is 24.3 Å². The van der Waals surface area contributed by atoms with E-state index in [1.54, 1.807) is 6.92 Å². The van der Waals surface area contributed by atoms with Crippen LogP contribution in [0.5, 0.6) is 5.75 Å². The third-order valence-corrected chi connectivity index (χ3v) is 3.73. The second-order valence-corrected chi connectivity index (χ2v) is 5.25. The second-order valence-electron chi connectivity index (χ2n) is 5.25. The second kappa shape index (κ2) is 6.75. The Balaban J connectivity index is 2.07. The maximum Gasteiger partial charge on any atom is 0.263 e. The summed E-state index contributed by atoms with van der Waals surface area (Å²) < 4.78 is 5.79. The highest BCUT2D eigenvalue weighted by molar-refractivity contribution is 5.81. The van der Waals surface area contributed by atoms with Gasteiger partial charge in [0.05, 0.1) is 6.10 Å². The van der Waals surface area contributed by atoms with Crippen LogP contribution in [0.25, 0.3) is 0 Å². The first-order valence-electron chi connectivity index (χ1n) is 7.36. The number of para-hydroxylation sites is 1. The van der Waals surface area contributed by atoms with Crippen molar-refractivity contribution in [3.05, 3.63) is 29.8 Å². The van der Waals surface area contributed by atoms with Crippen molar-refractivity contribution in [3.63, 3.8) is 0 Å². The molecule has 1 aliphatic rings. The highest BCUT2D eigenvalue weighted by Gasteiger charge is 2.25. The Labute approximate surface area is 120 Å². The summed E-state index contributed by atoms with van der Waals surface area (Å²) in [6.45, 7) is 5.34. The maximum absolute atomic E-state index is 12.2. The van der Waals surface area contributed by atoms with E-state index in [1.165, 1.54) is 0 Å². The molecule has 1 N–H and O–H groups in total. The Hall–Kier alpha value is -1.55. The molecule has 1 amide bonds. The first kappa shape index (κ1) is 14.9. The van der Waals surface area contributed by atoms with Crippen LogP contribution in [0.1, 0.15) is 44.8 Å². The van der Waals surface area contributed by atoms with Gasteiger partial charge in [-0.2, -0.15) is 0 Å². The topological polar surface area (TPSA) is 49.8 Å². The first-order valence-corrected chi connectivity index (χ1v) is 7.36. The number of ether oxygens (including phenoxy) is 1. The van der Waals surface area contributed by atoms with Gasteiger partial charge < -0.3 is 14.7 Å². The van der Waals surface area contributed by atoms with Crippen LogP contribution in [-0.2, 0) is 4.79 Å². The minimum atomic E-state index is -0.555. The zero-order valence-electron chi connectivity index (χ0n) is 12.2. The van der Waals surface area contributed by atoms with E-state index < -0.39 is 12.2 Å². The van der Waals surface area contributed by atoms with Gasteiger partial charge in [-0.3, -0.25) is 4.79 Å². The Morgan fingerprint density at radius 1 is 1.35 bits per heavy atom. The van der Waals surface area contributed by atoms with E-state index in [2.05, 4.69) is 0 Å². The summed E-state index contributed by atoms with van der Waals surface area (Å²) in [7, 11) is 0. The highest BCUT2D eigenvalue weighted by atomic mass is 16.5. The molecule has 1 saturated heterocycles. The molecule has 1 fully saturated rings. The number of hydrogen-bond acceptors (Lipinski definition) is 3. The molecular formula is C16H23NO3. The number of carbonyl (C=O) groups is 1. The summed E-state index contributed by atoms with van der Waals surface area (Å²) in [6.07, 6.45) is 1.70. The molecule has 0 spiro atoms. The molecule has 0 saturated carbocycles. The van der Waals surface area contributed by atoms with Gasteiger partial charge in [0.2, 0.25) is 0 Å². The lowest BCUT2D eigenvalue weighted by Gasteiger charge is -2.23. The minimum absolute atomic E-state index is 0.0308. The molecule has 1 heterocycles. The molecule has 20 heavy (non-hydrogen) atoms. The van der Waals surface area contributed by atoms with Crippen LogP contribution in [0, 0.1) is 0 Å². The van der Waals surface area contributed by atoms with Crippen LogP contribution >= 0.6 is 0 Å². The number of nitrogens with zero attached hydrogens (tertiary/aromatic N) is 1. The van der Waals surface area contributed by atoms with Crippen molar-refractivity contribution in [1.29, 1.82) is 0 Å². The number of aliphatic hydroxyl groups is 1. The van der Waals surface area contributed by atoms with Gasteiger partial charge in [-0.1, -0.05) is 25.1 Å². The average molecular weight is 277 g/mol. The van der Waals surface area contributed by atoms with Crippen LogP contribution in [0.2, 0.25) is 0 Å².